The molecule has 2 N–H and O–H groups in total. The summed E-state index contributed by atoms with van der Waals surface area (Å²) >= 11 is 1.23. The maximum absolute atomic E-state index is 13.9. The minimum absolute atomic E-state index is 0.108. The number of nitrogens with one attached hydrogen (secondary N) is 1. The highest BCUT2D eigenvalue weighted by atomic mass is 32.1. The van der Waals surface area contributed by atoms with Crippen LogP contribution in [0, 0.1) is 12.7 Å². The molecule has 4 nitrogen and oxygen atoms in total. The van der Waals surface area contributed by atoms with Crippen LogP contribution in [-0.4, -0.2) is 24.0 Å². The molecule has 164 valence electrons. The number of ketones is 1. The van der Waals surface area contributed by atoms with Crippen molar-refractivity contribution in [1.82, 2.24) is 5.32 Å². The van der Waals surface area contributed by atoms with E-state index in [0.717, 1.165) is 29.6 Å². The molecule has 0 spiro atoms. The van der Waals surface area contributed by atoms with Gasteiger partial charge in [0.25, 0.3) is 0 Å². The number of carbonyl (C=O) groups is 1. The zero-order valence-electron chi connectivity index (χ0n) is 17.9. The Morgan fingerprint density at radius 2 is 1.88 bits per heavy atom. The first kappa shape index (κ1) is 22.0. The van der Waals surface area contributed by atoms with Gasteiger partial charge < -0.3 is 15.2 Å². The van der Waals surface area contributed by atoms with Gasteiger partial charge in [0, 0.05) is 15.6 Å². The lowest BCUT2D eigenvalue weighted by atomic mass is 10.0. The van der Waals surface area contributed by atoms with E-state index in [4.69, 9.17) is 4.74 Å². The SMILES string of the molecule is CCNCCc1ccc(Oc2c(C(=O)c3cc(F)ccc3C)sc3cc(O)ccc23)cc1. The fraction of sp³-hybridized carbons (Fsp3) is 0.192. The summed E-state index contributed by atoms with van der Waals surface area (Å²) in [6, 6.07) is 16.9. The van der Waals surface area contributed by atoms with Crippen LogP contribution in [0.3, 0.4) is 0 Å². The summed E-state index contributed by atoms with van der Waals surface area (Å²) in [5, 5.41) is 13.9. The summed E-state index contributed by atoms with van der Waals surface area (Å²) in [4.78, 5) is 13.8. The largest absolute Gasteiger partial charge is 0.508 e. The molecule has 4 aromatic rings. The summed E-state index contributed by atoms with van der Waals surface area (Å²) in [7, 11) is 0. The molecule has 32 heavy (non-hydrogen) atoms. The van der Waals surface area contributed by atoms with Crippen LogP contribution in [0.15, 0.2) is 60.7 Å². The molecule has 0 aliphatic heterocycles. The number of thiophene rings is 1. The van der Waals surface area contributed by atoms with Crippen molar-refractivity contribution in [3.05, 3.63) is 88.0 Å². The minimum Gasteiger partial charge on any atom is -0.508 e. The van der Waals surface area contributed by atoms with E-state index in [2.05, 4.69) is 12.2 Å². The Bertz CT molecular complexity index is 1260. The van der Waals surface area contributed by atoms with Crippen molar-refractivity contribution in [1.29, 1.82) is 0 Å². The van der Waals surface area contributed by atoms with E-state index in [1.807, 2.05) is 24.3 Å². The van der Waals surface area contributed by atoms with Crippen LogP contribution >= 0.6 is 11.3 Å². The average molecular weight is 450 g/mol. The Morgan fingerprint density at radius 3 is 2.62 bits per heavy atom. The van der Waals surface area contributed by atoms with E-state index < -0.39 is 5.82 Å². The Labute approximate surface area is 190 Å². The van der Waals surface area contributed by atoms with Crippen molar-refractivity contribution in [3.63, 3.8) is 0 Å². The van der Waals surface area contributed by atoms with Gasteiger partial charge in [-0.3, -0.25) is 4.79 Å². The number of aromatic hydroxyl groups is 1. The Morgan fingerprint density at radius 1 is 1.09 bits per heavy atom. The van der Waals surface area contributed by atoms with Gasteiger partial charge in [0.15, 0.2) is 5.75 Å². The maximum atomic E-state index is 13.9. The molecule has 1 heterocycles. The molecule has 0 radical (unpaired) electrons. The van der Waals surface area contributed by atoms with E-state index in [9.17, 15) is 14.3 Å². The molecule has 0 unspecified atom stereocenters. The number of halogens is 1. The van der Waals surface area contributed by atoms with Crippen LogP contribution in [0.25, 0.3) is 10.1 Å². The Balaban J connectivity index is 1.71. The van der Waals surface area contributed by atoms with Crippen molar-refractivity contribution >= 4 is 27.2 Å². The predicted molar refractivity (Wildman–Crippen MR) is 127 cm³/mol. The zero-order valence-corrected chi connectivity index (χ0v) is 18.8. The lowest BCUT2D eigenvalue weighted by Crippen LogP contribution is -2.15. The molecule has 0 bridgehead atoms. The number of phenols is 1. The number of hydrogen-bond acceptors (Lipinski definition) is 5. The highest BCUT2D eigenvalue weighted by Gasteiger charge is 2.23. The molecule has 0 aliphatic rings. The van der Waals surface area contributed by atoms with Crippen molar-refractivity contribution < 1.29 is 19.0 Å². The molecular formula is C26H24FNO3S. The second-order valence-corrected chi connectivity index (χ2v) is 8.63. The number of hydrogen-bond donors (Lipinski definition) is 2. The first-order valence-corrected chi connectivity index (χ1v) is 11.3. The fourth-order valence-electron chi connectivity index (χ4n) is 3.53. The number of fused-ring (bicyclic) bond motifs is 1. The standard InChI is InChI=1S/C26H24FNO3S/c1-3-28-13-12-17-5-9-20(10-6-17)31-25-21-11-8-19(29)15-23(21)32-26(25)24(30)22-14-18(27)7-4-16(22)2/h4-11,14-15,28-29H,3,12-13H2,1-2H3. The summed E-state index contributed by atoms with van der Waals surface area (Å²) in [6.07, 6.45) is 0.914. The maximum Gasteiger partial charge on any atom is 0.207 e. The first-order chi connectivity index (χ1) is 15.5. The van der Waals surface area contributed by atoms with Gasteiger partial charge >= 0.3 is 0 Å². The third-order valence-electron chi connectivity index (χ3n) is 5.26. The van der Waals surface area contributed by atoms with E-state index in [-0.39, 0.29) is 11.5 Å². The number of ether oxygens (including phenoxy) is 1. The molecule has 0 aliphatic carbocycles. The molecule has 0 atom stereocenters. The predicted octanol–water partition coefficient (Wildman–Crippen LogP) is 6.23. The van der Waals surface area contributed by atoms with Crippen molar-refractivity contribution in [2.24, 2.45) is 0 Å². The fourth-order valence-corrected chi connectivity index (χ4v) is 4.64. The summed E-state index contributed by atoms with van der Waals surface area (Å²) < 4.78 is 20.8. The van der Waals surface area contributed by atoms with Crippen LogP contribution in [0.4, 0.5) is 4.39 Å². The summed E-state index contributed by atoms with van der Waals surface area (Å²) in [6.45, 7) is 5.69. The molecule has 0 amide bonds. The zero-order chi connectivity index (χ0) is 22.7. The Hall–Kier alpha value is -3.22. The van der Waals surface area contributed by atoms with Gasteiger partial charge in [-0.2, -0.15) is 0 Å². The Kier molecular flexibility index (Phi) is 6.53. The van der Waals surface area contributed by atoms with Gasteiger partial charge in [0.05, 0.1) is 0 Å². The van der Waals surface area contributed by atoms with Crippen LogP contribution in [0.1, 0.15) is 33.3 Å². The highest BCUT2D eigenvalue weighted by molar-refractivity contribution is 7.21. The number of likely N-dealkylation sites (N-methyl/N-ethyl adjacent to an activating group) is 1. The van der Waals surface area contributed by atoms with Gasteiger partial charge in [-0.15, -0.1) is 11.3 Å². The summed E-state index contributed by atoms with van der Waals surface area (Å²) in [5.41, 5.74) is 2.17. The van der Waals surface area contributed by atoms with Gasteiger partial charge in [-0.25, -0.2) is 4.39 Å². The van der Waals surface area contributed by atoms with Crippen LogP contribution in [0.5, 0.6) is 17.2 Å². The smallest absolute Gasteiger partial charge is 0.207 e. The van der Waals surface area contributed by atoms with Crippen molar-refractivity contribution in [2.75, 3.05) is 13.1 Å². The van der Waals surface area contributed by atoms with Crippen molar-refractivity contribution in [3.8, 4) is 17.2 Å². The number of carbonyl (C=O) groups excluding carboxylic acids is 1. The molecule has 0 saturated carbocycles. The third-order valence-corrected chi connectivity index (χ3v) is 6.39. The summed E-state index contributed by atoms with van der Waals surface area (Å²) in [5.74, 6) is 0.360. The molecule has 6 heteroatoms. The normalized spacial score (nSPS) is 11.1. The van der Waals surface area contributed by atoms with Crippen molar-refractivity contribution in [2.45, 2.75) is 20.3 Å². The van der Waals surface area contributed by atoms with E-state index in [1.165, 1.54) is 29.0 Å². The molecule has 1 aromatic heterocycles. The highest BCUT2D eigenvalue weighted by Crippen LogP contribution is 2.43. The van der Waals surface area contributed by atoms with Gasteiger partial charge in [0.1, 0.15) is 22.2 Å². The van der Waals surface area contributed by atoms with Crippen LogP contribution < -0.4 is 10.1 Å². The molecule has 3 aromatic carbocycles. The van der Waals surface area contributed by atoms with E-state index in [0.29, 0.717) is 27.5 Å². The number of benzene rings is 3. The number of aryl methyl sites for hydroxylation is 1. The lowest BCUT2D eigenvalue weighted by molar-refractivity contribution is 0.103. The first-order valence-electron chi connectivity index (χ1n) is 10.5. The van der Waals surface area contributed by atoms with Crippen LogP contribution in [0.2, 0.25) is 0 Å². The lowest BCUT2D eigenvalue weighted by Gasteiger charge is -2.10. The second-order valence-electron chi connectivity index (χ2n) is 7.58. The van der Waals surface area contributed by atoms with Crippen LogP contribution in [-0.2, 0) is 6.42 Å². The molecule has 0 fully saturated rings. The number of phenolic OH excluding ortho intramolecular Hbond substituents is 1. The van der Waals surface area contributed by atoms with Gasteiger partial charge in [-0.05, 0) is 80.0 Å². The van der Waals surface area contributed by atoms with Gasteiger partial charge in [0.2, 0.25) is 5.78 Å². The molecular weight excluding hydrogens is 425 g/mol. The topological polar surface area (TPSA) is 58.6 Å². The quantitative estimate of drug-likeness (QED) is 0.247. The number of rotatable bonds is 8. The monoisotopic (exact) mass is 449 g/mol. The van der Waals surface area contributed by atoms with E-state index >= 15 is 0 Å². The van der Waals surface area contributed by atoms with E-state index in [1.54, 1.807) is 31.2 Å². The average Bonchev–Trinajstić information content (AvgIpc) is 3.13. The molecule has 0 saturated heterocycles. The van der Waals surface area contributed by atoms with Gasteiger partial charge in [-0.1, -0.05) is 25.1 Å². The third kappa shape index (κ3) is 4.66. The molecule has 4 rings (SSSR count). The second kappa shape index (κ2) is 9.51. The minimum atomic E-state index is -0.465.